The lowest BCUT2D eigenvalue weighted by Gasteiger charge is -2.29. The van der Waals surface area contributed by atoms with Crippen LogP contribution in [-0.4, -0.2) is 33.4 Å². The highest BCUT2D eigenvalue weighted by Gasteiger charge is 2.29. The minimum atomic E-state index is 0.00924. The zero-order valence-corrected chi connectivity index (χ0v) is 17.9. The molecule has 31 heavy (non-hydrogen) atoms. The van der Waals surface area contributed by atoms with Crippen LogP contribution in [0.2, 0.25) is 5.02 Å². The first-order valence-corrected chi connectivity index (χ1v) is 11.0. The minimum absolute atomic E-state index is 0.00924. The molecule has 0 spiro atoms. The van der Waals surface area contributed by atoms with Crippen LogP contribution in [0.15, 0.2) is 54.9 Å². The van der Waals surface area contributed by atoms with Gasteiger partial charge in [0.25, 0.3) is 5.91 Å². The monoisotopic (exact) mass is 437 g/mol. The average molecular weight is 438 g/mol. The second-order valence-corrected chi connectivity index (χ2v) is 8.48. The molecule has 1 amide bonds. The van der Waals surface area contributed by atoms with Gasteiger partial charge in [-0.05, 0) is 42.2 Å². The fourth-order valence-electron chi connectivity index (χ4n) is 4.35. The summed E-state index contributed by atoms with van der Waals surface area (Å²) in [6, 6.07) is 13.8. The molecule has 160 valence electrons. The molecular formula is C24H24ClN3O3. The average Bonchev–Trinajstić information content (AvgIpc) is 3.54. The van der Waals surface area contributed by atoms with Gasteiger partial charge in [-0.25, -0.2) is 0 Å². The number of aromatic nitrogens is 2. The smallest absolute Gasteiger partial charge is 0.257 e. The molecule has 1 aliphatic carbocycles. The van der Waals surface area contributed by atoms with Gasteiger partial charge >= 0.3 is 0 Å². The van der Waals surface area contributed by atoms with Crippen LogP contribution in [-0.2, 0) is 13.1 Å². The summed E-state index contributed by atoms with van der Waals surface area (Å²) in [6.07, 6.45) is 7.84. The van der Waals surface area contributed by atoms with E-state index in [-0.39, 0.29) is 18.7 Å². The predicted molar refractivity (Wildman–Crippen MR) is 117 cm³/mol. The quantitative estimate of drug-likeness (QED) is 0.550. The Hall–Kier alpha value is -2.99. The van der Waals surface area contributed by atoms with Gasteiger partial charge < -0.3 is 14.4 Å². The zero-order chi connectivity index (χ0) is 21.2. The standard InChI is InChI=1S/C24H24ClN3O3/c25-21-8-4-1-5-18(21)14-27-15-19(12-26-27)24(29)28(20-6-2-3-7-20)13-17-9-10-22-23(11-17)31-16-30-22/h1,4-5,8-12,15,20H,2-3,6-7,13-14,16H2. The van der Waals surface area contributed by atoms with Gasteiger partial charge in [0.05, 0.1) is 18.3 Å². The molecular weight excluding hydrogens is 414 g/mol. The second-order valence-electron chi connectivity index (χ2n) is 8.08. The summed E-state index contributed by atoms with van der Waals surface area (Å²) in [7, 11) is 0. The topological polar surface area (TPSA) is 56.6 Å². The molecule has 0 bridgehead atoms. The van der Waals surface area contributed by atoms with Crippen molar-refractivity contribution < 1.29 is 14.3 Å². The van der Waals surface area contributed by atoms with Crippen LogP contribution < -0.4 is 9.47 Å². The van der Waals surface area contributed by atoms with Gasteiger partial charge in [0, 0.05) is 23.8 Å². The number of carbonyl (C=O) groups is 1. The summed E-state index contributed by atoms with van der Waals surface area (Å²) in [5, 5.41) is 5.11. The Balaban J connectivity index is 1.36. The highest BCUT2D eigenvalue weighted by molar-refractivity contribution is 6.31. The Morgan fingerprint density at radius 3 is 2.77 bits per heavy atom. The number of nitrogens with zero attached hydrogens (tertiary/aromatic N) is 3. The molecule has 0 atom stereocenters. The molecule has 1 saturated carbocycles. The molecule has 3 aromatic rings. The Kier molecular flexibility index (Phi) is 5.55. The third kappa shape index (κ3) is 4.26. The van der Waals surface area contributed by atoms with E-state index in [9.17, 15) is 4.79 Å². The first kappa shape index (κ1) is 19.9. The zero-order valence-electron chi connectivity index (χ0n) is 17.2. The summed E-state index contributed by atoms with van der Waals surface area (Å²) in [5.74, 6) is 1.50. The number of benzene rings is 2. The Morgan fingerprint density at radius 1 is 1.13 bits per heavy atom. The van der Waals surface area contributed by atoms with Crippen LogP contribution in [0.25, 0.3) is 0 Å². The van der Waals surface area contributed by atoms with Crippen molar-refractivity contribution in [1.82, 2.24) is 14.7 Å². The number of carbonyl (C=O) groups excluding carboxylic acids is 1. The molecule has 2 aliphatic rings. The Bertz CT molecular complexity index is 1090. The molecule has 1 aliphatic heterocycles. The molecule has 0 N–H and O–H groups in total. The molecule has 2 heterocycles. The van der Waals surface area contributed by atoms with Gasteiger partial charge in [-0.15, -0.1) is 0 Å². The van der Waals surface area contributed by atoms with Crippen LogP contribution in [0.5, 0.6) is 11.5 Å². The lowest BCUT2D eigenvalue weighted by molar-refractivity contribution is 0.0664. The van der Waals surface area contributed by atoms with E-state index in [2.05, 4.69) is 5.10 Å². The molecule has 2 aromatic carbocycles. The SMILES string of the molecule is O=C(c1cnn(Cc2ccccc2Cl)c1)N(Cc1ccc2c(c1)OCO2)C1CCCC1. The summed E-state index contributed by atoms with van der Waals surface area (Å²) in [5.41, 5.74) is 2.60. The third-order valence-electron chi connectivity index (χ3n) is 5.99. The van der Waals surface area contributed by atoms with Crippen LogP contribution in [0, 0.1) is 0 Å². The largest absolute Gasteiger partial charge is 0.454 e. The second kappa shape index (κ2) is 8.63. The van der Waals surface area contributed by atoms with E-state index in [1.807, 2.05) is 53.6 Å². The fourth-order valence-corrected chi connectivity index (χ4v) is 4.54. The van der Waals surface area contributed by atoms with Crippen molar-refractivity contribution in [2.75, 3.05) is 6.79 Å². The van der Waals surface area contributed by atoms with E-state index in [0.717, 1.165) is 48.3 Å². The number of fused-ring (bicyclic) bond motifs is 1. The molecule has 6 nitrogen and oxygen atoms in total. The van der Waals surface area contributed by atoms with E-state index in [0.29, 0.717) is 23.7 Å². The number of hydrogen-bond donors (Lipinski definition) is 0. The normalized spacial score (nSPS) is 15.4. The first-order valence-electron chi connectivity index (χ1n) is 10.6. The number of halogens is 1. The molecule has 0 radical (unpaired) electrons. The van der Waals surface area contributed by atoms with Crippen molar-refractivity contribution in [3.8, 4) is 11.5 Å². The predicted octanol–water partition coefficient (Wildman–Crippen LogP) is 4.90. The van der Waals surface area contributed by atoms with Gasteiger partial charge in [0.2, 0.25) is 6.79 Å². The molecule has 7 heteroatoms. The van der Waals surface area contributed by atoms with Gasteiger partial charge in [0.1, 0.15) is 0 Å². The summed E-state index contributed by atoms with van der Waals surface area (Å²) in [6.45, 7) is 1.31. The summed E-state index contributed by atoms with van der Waals surface area (Å²) in [4.78, 5) is 15.5. The maximum absolute atomic E-state index is 13.5. The van der Waals surface area contributed by atoms with Gasteiger partial charge in [-0.2, -0.15) is 5.10 Å². The van der Waals surface area contributed by atoms with Crippen molar-refractivity contribution >= 4 is 17.5 Å². The Labute approximate surface area is 186 Å². The Morgan fingerprint density at radius 2 is 1.94 bits per heavy atom. The van der Waals surface area contributed by atoms with Gasteiger partial charge in [-0.1, -0.05) is 48.7 Å². The van der Waals surface area contributed by atoms with E-state index in [1.165, 1.54) is 0 Å². The van der Waals surface area contributed by atoms with E-state index < -0.39 is 0 Å². The first-order chi connectivity index (χ1) is 15.2. The van der Waals surface area contributed by atoms with Crippen molar-refractivity contribution in [3.63, 3.8) is 0 Å². The lowest BCUT2D eigenvalue weighted by atomic mass is 10.1. The van der Waals surface area contributed by atoms with E-state index in [1.54, 1.807) is 10.9 Å². The molecule has 0 unspecified atom stereocenters. The lowest BCUT2D eigenvalue weighted by Crippen LogP contribution is -2.38. The minimum Gasteiger partial charge on any atom is -0.454 e. The van der Waals surface area contributed by atoms with E-state index in [4.69, 9.17) is 21.1 Å². The maximum Gasteiger partial charge on any atom is 0.257 e. The number of ether oxygens (including phenoxy) is 2. The number of hydrogen-bond acceptors (Lipinski definition) is 4. The van der Waals surface area contributed by atoms with Crippen LogP contribution in [0.4, 0.5) is 0 Å². The van der Waals surface area contributed by atoms with Crippen LogP contribution in [0.3, 0.4) is 0 Å². The number of rotatable bonds is 6. The highest BCUT2D eigenvalue weighted by atomic mass is 35.5. The van der Waals surface area contributed by atoms with E-state index >= 15 is 0 Å². The molecule has 1 aromatic heterocycles. The summed E-state index contributed by atoms with van der Waals surface area (Å²) >= 11 is 6.28. The van der Waals surface area contributed by atoms with Crippen molar-refractivity contribution in [1.29, 1.82) is 0 Å². The van der Waals surface area contributed by atoms with Gasteiger partial charge in [0.15, 0.2) is 11.5 Å². The van der Waals surface area contributed by atoms with Crippen molar-refractivity contribution in [2.45, 2.75) is 44.8 Å². The third-order valence-corrected chi connectivity index (χ3v) is 6.36. The van der Waals surface area contributed by atoms with Gasteiger partial charge in [-0.3, -0.25) is 9.48 Å². The van der Waals surface area contributed by atoms with Crippen LogP contribution >= 0.6 is 11.6 Å². The summed E-state index contributed by atoms with van der Waals surface area (Å²) < 4.78 is 12.7. The molecule has 1 fully saturated rings. The van der Waals surface area contributed by atoms with Crippen molar-refractivity contribution in [2.24, 2.45) is 0 Å². The van der Waals surface area contributed by atoms with Crippen LogP contribution in [0.1, 0.15) is 47.2 Å². The molecule has 0 saturated heterocycles. The number of amides is 1. The fraction of sp³-hybridized carbons (Fsp3) is 0.333. The maximum atomic E-state index is 13.5. The van der Waals surface area contributed by atoms with Crippen molar-refractivity contribution in [3.05, 3.63) is 76.6 Å². The highest BCUT2D eigenvalue weighted by Crippen LogP contribution is 2.34. The molecule has 5 rings (SSSR count).